The van der Waals surface area contributed by atoms with Crippen LogP contribution in [-0.2, 0) is 12.8 Å². The molecule has 3 heterocycles. The van der Waals surface area contributed by atoms with E-state index in [1.54, 1.807) is 11.8 Å². The van der Waals surface area contributed by atoms with Crippen LogP contribution in [0.1, 0.15) is 28.8 Å². The van der Waals surface area contributed by atoms with E-state index in [9.17, 15) is 0 Å². The minimum atomic E-state index is 0.739. The number of nitrogens with one attached hydrogen (secondary N) is 1. The summed E-state index contributed by atoms with van der Waals surface area (Å²) in [5.74, 6) is 1.55. The Kier molecular flexibility index (Phi) is 3.09. The van der Waals surface area contributed by atoms with Crippen molar-refractivity contribution in [2.45, 2.75) is 31.3 Å². The fourth-order valence-corrected chi connectivity index (χ4v) is 4.24. The molecule has 0 saturated heterocycles. The fourth-order valence-electron chi connectivity index (χ4n) is 3.41. The normalized spacial score (nSPS) is 16.0. The quantitative estimate of drug-likeness (QED) is 0.781. The second kappa shape index (κ2) is 5.31. The molecule has 1 N–H and O–H groups in total. The monoisotopic (exact) mass is 336 g/mol. The van der Waals surface area contributed by atoms with Crippen molar-refractivity contribution in [3.05, 3.63) is 46.6 Å². The zero-order valence-corrected chi connectivity index (χ0v) is 14.1. The summed E-state index contributed by atoms with van der Waals surface area (Å²) >= 11 is 1.67. The van der Waals surface area contributed by atoms with Crippen LogP contribution in [0.3, 0.4) is 0 Å². The lowest BCUT2D eigenvalue weighted by atomic mass is 10.1. The maximum absolute atomic E-state index is 4.85. The highest BCUT2D eigenvalue weighted by molar-refractivity contribution is 7.99. The van der Waals surface area contributed by atoms with Crippen LogP contribution < -0.4 is 0 Å². The second-order valence-corrected chi connectivity index (χ2v) is 7.09. The number of rotatable bonds is 2. The van der Waals surface area contributed by atoms with E-state index in [0.717, 1.165) is 41.0 Å². The van der Waals surface area contributed by atoms with Gasteiger partial charge in [0, 0.05) is 22.6 Å². The summed E-state index contributed by atoms with van der Waals surface area (Å²) in [6.45, 7) is 2.12. The lowest BCUT2D eigenvalue weighted by Crippen LogP contribution is -2.15. The van der Waals surface area contributed by atoms with Crippen LogP contribution in [0.2, 0.25) is 0 Å². The number of fused-ring (bicyclic) bond motifs is 2. The van der Waals surface area contributed by atoms with Crippen LogP contribution in [0.5, 0.6) is 0 Å². The van der Waals surface area contributed by atoms with Crippen LogP contribution >= 0.6 is 11.8 Å². The average Bonchev–Trinajstić information content (AvgIpc) is 3.29. The van der Waals surface area contributed by atoms with E-state index in [1.807, 2.05) is 4.68 Å². The summed E-state index contributed by atoms with van der Waals surface area (Å²) in [5.41, 5.74) is 6.87. The van der Waals surface area contributed by atoms with Gasteiger partial charge in [0.05, 0.1) is 5.71 Å². The molecule has 24 heavy (non-hydrogen) atoms. The van der Waals surface area contributed by atoms with Crippen molar-refractivity contribution in [3.63, 3.8) is 0 Å². The predicted molar refractivity (Wildman–Crippen MR) is 93.5 cm³/mol. The second-order valence-electron chi connectivity index (χ2n) is 6.15. The number of aromatic amines is 1. The van der Waals surface area contributed by atoms with E-state index in [-0.39, 0.29) is 0 Å². The van der Waals surface area contributed by atoms with Gasteiger partial charge in [-0.1, -0.05) is 36.0 Å². The molecule has 0 saturated carbocycles. The molecule has 0 bridgehead atoms. The minimum absolute atomic E-state index is 0.739. The Bertz CT molecular complexity index is 967. The average molecular weight is 336 g/mol. The molecular weight excluding hydrogens is 320 g/mol. The van der Waals surface area contributed by atoms with Crippen LogP contribution in [-0.4, -0.2) is 36.5 Å². The molecular formula is C17H16N6S. The van der Waals surface area contributed by atoms with Gasteiger partial charge in [0.15, 0.2) is 0 Å². The SMILES string of the molecule is Cc1ccccc1C1=Nn2c(nnc2-c2n[nH]c3c2CCC3)SC1. The molecule has 1 aliphatic heterocycles. The van der Waals surface area contributed by atoms with E-state index in [2.05, 4.69) is 51.6 Å². The summed E-state index contributed by atoms with van der Waals surface area (Å²) < 4.78 is 1.85. The van der Waals surface area contributed by atoms with Crippen LogP contribution in [0.25, 0.3) is 11.5 Å². The number of H-pyrrole nitrogens is 1. The number of aromatic nitrogens is 5. The van der Waals surface area contributed by atoms with Gasteiger partial charge in [-0.05, 0) is 31.7 Å². The molecule has 1 aliphatic carbocycles. The van der Waals surface area contributed by atoms with Gasteiger partial charge in [-0.3, -0.25) is 5.10 Å². The van der Waals surface area contributed by atoms with Gasteiger partial charge in [0.2, 0.25) is 11.0 Å². The Morgan fingerprint density at radius 3 is 3.00 bits per heavy atom. The van der Waals surface area contributed by atoms with E-state index < -0.39 is 0 Å². The molecule has 0 amide bonds. The van der Waals surface area contributed by atoms with Gasteiger partial charge in [-0.2, -0.15) is 14.9 Å². The number of hydrogen-bond acceptors (Lipinski definition) is 5. The Hall–Kier alpha value is -2.41. The van der Waals surface area contributed by atoms with Crippen molar-refractivity contribution in [3.8, 4) is 11.5 Å². The van der Waals surface area contributed by atoms with E-state index >= 15 is 0 Å². The van der Waals surface area contributed by atoms with Crippen molar-refractivity contribution in [1.29, 1.82) is 0 Å². The molecule has 0 unspecified atom stereocenters. The highest BCUT2D eigenvalue weighted by Gasteiger charge is 2.27. The lowest BCUT2D eigenvalue weighted by molar-refractivity contribution is 0.758. The van der Waals surface area contributed by atoms with Crippen molar-refractivity contribution < 1.29 is 0 Å². The molecule has 0 atom stereocenters. The highest BCUT2D eigenvalue weighted by Crippen LogP contribution is 2.33. The summed E-state index contributed by atoms with van der Waals surface area (Å²) in [6.07, 6.45) is 3.28. The summed E-state index contributed by atoms with van der Waals surface area (Å²) in [4.78, 5) is 0. The van der Waals surface area contributed by atoms with Gasteiger partial charge >= 0.3 is 0 Å². The molecule has 120 valence electrons. The number of nitrogens with zero attached hydrogens (tertiary/aromatic N) is 5. The molecule has 5 rings (SSSR count). The maximum atomic E-state index is 4.85. The number of thioether (sulfide) groups is 1. The summed E-state index contributed by atoms with van der Waals surface area (Å²) in [7, 11) is 0. The Morgan fingerprint density at radius 1 is 1.17 bits per heavy atom. The number of hydrogen-bond donors (Lipinski definition) is 1. The van der Waals surface area contributed by atoms with E-state index in [1.165, 1.54) is 28.8 Å². The third-order valence-electron chi connectivity index (χ3n) is 4.64. The lowest BCUT2D eigenvalue weighted by Gasteiger charge is -2.15. The molecule has 3 aromatic rings. The van der Waals surface area contributed by atoms with Crippen LogP contribution in [0, 0.1) is 6.92 Å². The zero-order chi connectivity index (χ0) is 16.1. The van der Waals surface area contributed by atoms with E-state index in [4.69, 9.17) is 5.10 Å². The van der Waals surface area contributed by atoms with Gasteiger partial charge in [-0.15, -0.1) is 10.2 Å². The highest BCUT2D eigenvalue weighted by atomic mass is 32.2. The Labute approximate surface area is 143 Å². The Morgan fingerprint density at radius 2 is 2.08 bits per heavy atom. The zero-order valence-electron chi connectivity index (χ0n) is 13.3. The molecule has 7 heteroatoms. The van der Waals surface area contributed by atoms with Crippen molar-refractivity contribution >= 4 is 17.5 Å². The van der Waals surface area contributed by atoms with Gasteiger partial charge < -0.3 is 0 Å². The first-order valence-electron chi connectivity index (χ1n) is 8.10. The molecule has 2 aliphatic rings. The fraction of sp³-hybridized carbons (Fsp3) is 0.294. The first-order chi connectivity index (χ1) is 11.8. The van der Waals surface area contributed by atoms with E-state index in [0.29, 0.717) is 0 Å². The summed E-state index contributed by atoms with van der Waals surface area (Å²) in [5, 5.41) is 22.0. The Balaban J connectivity index is 1.64. The number of benzene rings is 1. The first kappa shape index (κ1) is 14.0. The smallest absolute Gasteiger partial charge is 0.212 e. The molecule has 0 spiro atoms. The van der Waals surface area contributed by atoms with Crippen LogP contribution in [0.4, 0.5) is 0 Å². The van der Waals surface area contributed by atoms with Gasteiger partial charge in [0.25, 0.3) is 0 Å². The minimum Gasteiger partial charge on any atom is -0.282 e. The maximum Gasteiger partial charge on any atom is 0.212 e. The summed E-state index contributed by atoms with van der Waals surface area (Å²) in [6, 6.07) is 8.35. The van der Waals surface area contributed by atoms with Crippen LogP contribution in [0.15, 0.2) is 34.5 Å². The third kappa shape index (κ3) is 2.04. The molecule has 6 nitrogen and oxygen atoms in total. The largest absolute Gasteiger partial charge is 0.282 e. The van der Waals surface area contributed by atoms with Crippen molar-refractivity contribution in [1.82, 2.24) is 25.1 Å². The first-order valence-corrected chi connectivity index (χ1v) is 9.08. The predicted octanol–water partition coefficient (Wildman–Crippen LogP) is 2.82. The van der Waals surface area contributed by atoms with Crippen molar-refractivity contribution in [2.75, 3.05) is 5.75 Å². The van der Waals surface area contributed by atoms with Gasteiger partial charge in [0.1, 0.15) is 5.69 Å². The molecule has 1 aromatic carbocycles. The number of aryl methyl sites for hydroxylation is 2. The topological polar surface area (TPSA) is 71.8 Å². The molecule has 0 radical (unpaired) electrons. The third-order valence-corrected chi connectivity index (χ3v) is 5.58. The van der Waals surface area contributed by atoms with Gasteiger partial charge in [-0.25, -0.2) is 0 Å². The van der Waals surface area contributed by atoms with Crippen molar-refractivity contribution in [2.24, 2.45) is 5.10 Å². The molecule has 2 aromatic heterocycles. The molecule has 0 fully saturated rings. The standard InChI is InChI=1S/C17H16N6S/c1-10-5-2-3-6-11(10)14-9-24-17-21-20-16(23(17)22-14)15-12-7-4-8-13(12)18-19-15/h2-3,5-6H,4,7-9H2,1H3,(H,18,19).